The fourth-order valence-electron chi connectivity index (χ4n) is 4.02. The van der Waals surface area contributed by atoms with Crippen molar-refractivity contribution in [2.75, 3.05) is 19.0 Å². The molecule has 1 amide bonds. The van der Waals surface area contributed by atoms with E-state index in [1.807, 2.05) is 81.4 Å². The molecule has 1 fully saturated rings. The summed E-state index contributed by atoms with van der Waals surface area (Å²) in [7, 11) is -1.77. The van der Waals surface area contributed by atoms with E-state index in [-0.39, 0.29) is 11.3 Å². The van der Waals surface area contributed by atoms with Gasteiger partial charge in [-0.2, -0.15) is 9.05 Å². The predicted molar refractivity (Wildman–Crippen MR) is 135 cm³/mol. The number of esters is 1. The molecule has 4 rings (SSSR count). The van der Waals surface area contributed by atoms with Crippen molar-refractivity contribution in [3.05, 3.63) is 83.1 Å². The van der Waals surface area contributed by atoms with Crippen molar-refractivity contribution in [3.63, 3.8) is 0 Å². The Labute approximate surface area is 205 Å². The molecule has 1 saturated heterocycles. The minimum atomic E-state index is -1.77. The van der Waals surface area contributed by atoms with Crippen molar-refractivity contribution in [1.29, 1.82) is 0 Å². The Morgan fingerprint density at radius 1 is 1.06 bits per heavy atom. The Morgan fingerprint density at radius 3 is 2.15 bits per heavy atom. The molecule has 0 saturated carbocycles. The lowest BCUT2D eigenvalue weighted by Crippen LogP contribution is -2.69. The van der Waals surface area contributed by atoms with E-state index in [2.05, 4.69) is 5.09 Å². The van der Waals surface area contributed by atoms with Crippen molar-refractivity contribution >= 4 is 32.2 Å². The summed E-state index contributed by atoms with van der Waals surface area (Å²) >= 11 is 1.63. The first-order valence-corrected chi connectivity index (χ1v) is 13.8. The molecule has 2 aliphatic rings. The number of benzene rings is 2. The Hall–Kier alpha value is -2.22. The van der Waals surface area contributed by atoms with Crippen molar-refractivity contribution in [2.24, 2.45) is 0 Å². The summed E-state index contributed by atoms with van der Waals surface area (Å²) < 4.78 is 17.4. The number of fused-ring (bicyclic) bond motifs is 1. The van der Waals surface area contributed by atoms with Crippen molar-refractivity contribution < 1.29 is 23.4 Å². The Morgan fingerprint density at radius 2 is 1.62 bits per heavy atom. The number of hydrogen-bond donors (Lipinski definition) is 1. The van der Waals surface area contributed by atoms with Gasteiger partial charge in [0.05, 0.1) is 13.2 Å². The average molecular weight is 502 g/mol. The third-order valence-electron chi connectivity index (χ3n) is 5.61. The predicted octanol–water partition coefficient (Wildman–Crippen LogP) is 4.50. The highest BCUT2D eigenvalue weighted by molar-refractivity contribution is 8.00. The molecule has 0 aromatic heterocycles. The molecule has 0 spiro atoms. The number of β-lactam (4-membered cyclic amide) rings is 1. The van der Waals surface area contributed by atoms with Crippen molar-refractivity contribution in [1.82, 2.24) is 9.99 Å². The van der Waals surface area contributed by atoms with Gasteiger partial charge in [0.1, 0.15) is 11.1 Å². The molecule has 2 aromatic carbocycles. The second-order valence-electron chi connectivity index (χ2n) is 7.92. The van der Waals surface area contributed by atoms with Crippen LogP contribution in [0.3, 0.4) is 0 Å². The van der Waals surface area contributed by atoms with Crippen LogP contribution in [-0.4, -0.2) is 47.2 Å². The molecule has 0 bridgehead atoms. The van der Waals surface area contributed by atoms with Crippen LogP contribution in [-0.2, 0) is 23.4 Å². The SMILES string of the molecule is CCO[PH+](NC1C(=O)N2C(C(=O)OC(c3ccccc3)c3ccccc3)=C(C)CSC12)OCC. The molecule has 2 aliphatic heterocycles. The fourth-order valence-corrected chi connectivity index (χ4v) is 6.75. The molecule has 180 valence electrons. The number of carbonyl (C=O) groups excluding carboxylic acids is 2. The van der Waals surface area contributed by atoms with Crippen LogP contribution in [0.2, 0.25) is 0 Å². The zero-order chi connectivity index (χ0) is 24.1. The van der Waals surface area contributed by atoms with E-state index in [0.717, 1.165) is 16.7 Å². The van der Waals surface area contributed by atoms with Crippen molar-refractivity contribution in [3.8, 4) is 0 Å². The third kappa shape index (κ3) is 5.21. The molecule has 9 heteroatoms. The number of rotatable bonds is 10. The number of carbonyl (C=O) groups is 2. The Bertz CT molecular complexity index is 991. The third-order valence-corrected chi connectivity index (χ3v) is 8.68. The standard InChI is InChI=1S/C25H29N2O5PS/c1-4-30-33(31-5-2)26-20-23(28)27-21(17(3)16-34-24(20)27)25(29)32-22(18-12-8-6-9-13-18)19-14-10-7-11-15-19/h6-15,20,22,24,26H,4-5,16H2,1-3H3/p+1. The number of amides is 1. The lowest BCUT2D eigenvalue weighted by atomic mass is 10.0. The summed E-state index contributed by atoms with van der Waals surface area (Å²) in [5.74, 6) is -0.0159. The minimum absolute atomic E-state index is 0.165. The molecule has 34 heavy (non-hydrogen) atoms. The van der Waals surface area contributed by atoms with Gasteiger partial charge in [-0.05, 0) is 37.5 Å². The van der Waals surface area contributed by atoms with Gasteiger partial charge < -0.3 is 4.74 Å². The molecule has 2 aromatic rings. The van der Waals surface area contributed by atoms with Gasteiger partial charge in [-0.3, -0.25) is 9.69 Å². The van der Waals surface area contributed by atoms with E-state index in [1.165, 1.54) is 0 Å². The molecule has 0 radical (unpaired) electrons. The number of nitrogens with one attached hydrogen (secondary N) is 1. The largest absolute Gasteiger partial charge is 0.448 e. The van der Waals surface area contributed by atoms with Gasteiger partial charge in [0.2, 0.25) is 0 Å². The Kier molecular flexibility index (Phi) is 8.40. The number of thioether (sulfide) groups is 1. The van der Waals surface area contributed by atoms with Crippen LogP contribution in [0, 0.1) is 0 Å². The van der Waals surface area contributed by atoms with Crippen LogP contribution < -0.4 is 5.09 Å². The first-order chi connectivity index (χ1) is 16.5. The van der Waals surface area contributed by atoms with Gasteiger partial charge >= 0.3 is 14.5 Å². The van der Waals surface area contributed by atoms with E-state index < -0.39 is 26.6 Å². The summed E-state index contributed by atoms with van der Waals surface area (Å²) in [6.07, 6.45) is -0.570. The number of ether oxygens (including phenoxy) is 1. The van der Waals surface area contributed by atoms with E-state index in [9.17, 15) is 9.59 Å². The van der Waals surface area contributed by atoms with Gasteiger partial charge in [0.15, 0.2) is 12.1 Å². The first-order valence-electron chi connectivity index (χ1n) is 11.4. The Balaban J connectivity index is 1.54. The van der Waals surface area contributed by atoms with Crippen LogP contribution in [0.4, 0.5) is 0 Å². The summed E-state index contributed by atoms with van der Waals surface area (Å²) in [6.45, 7) is 6.67. The van der Waals surface area contributed by atoms with Crippen LogP contribution in [0.5, 0.6) is 0 Å². The highest BCUT2D eigenvalue weighted by Crippen LogP contribution is 2.45. The normalized spacial score (nSPS) is 19.9. The van der Waals surface area contributed by atoms with E-state index in [0.29, 0.717) is 24.7 Å². The molecule has 2 unspecified atom stereocenters. The lowest BCUT2D eigenvalue weighted by Gasteiger charge is -2.48. The summed E-state index contributed by atoms with van der Waals surface area (Å²) in [4.78, 5) is 28.2. The fraction of sp³-hybridized carbons (Fsp3) is 0.360. The van der Waals surface area contributed by atoms with Crippen molar-refractivity contribution in [2.45, 2.75) is 38.3 Å². The summed E-state index contributed by atoms with van der Waals surface area (Å²) in [6, 6.07) is 18.8. The maximum absolute atomic E-state index is 13.5. The van der Waals surface area contributed by atoms with Crippen LogP contribution in [0.1, 0.15) is 38.0 Å². The van der Waals surface area contributed by atoms with Crippen LogP contribution in [0.25, 0.3) is 0 Å². The second kappa shape index (κ2) is 11.5. The highest BCUT2D eigenvalue weighted by Gasteiger charge is 2.56. The maximum atomic E-state index is 13.5. The quantitative estimate of drug-likeness (QED) is 0.292. The molecular formula is C25H30N2O5PS+. The maximum Gasteiger partial charge on any atom is 0.356 e. The molecule has 0 aliphatic carbocycles. The van der Waals surface area contributed by atoms with Gasteiger partial charge in [-0.25, -0.2) is 4.79 Å². The highest BCUT2D eigenvalue weighted by atomic mass is 32.2. The number of hydrogen-bond acceptors (Lipinski definition) is 7. The van der Waals surface area contributed by atoms with E-state index in [4.69, 9.17) is 13.8 Å². The van der Waals surface area contributed by atoms with Gasteiger partial charge in [0.25, 0.3) is 5.91 Å². The smallest absolute Gasteiger partial charge is 0.356 e. The average Bonchev–Trinajstić information content (AvgIpc) is 2.86. The van der Waals surface area contributed by atoms with E-state index >= 15 is 0 Å². The zero-order valence-electron chi connectivity index (χ0n) is 19.5. The molecular weight excluding hydrogens is 471 g/mol. The molecule has 2 atom stereocenters. The lowest BCUT2D eigenvalue weighted by molar-refractivity contribution is -0.153. The van der Waals surface area contributed by atoms with Crippen LogP contribution in [0.15, 0.2) is 71.9 Å². The van der Waals surface area contributed by atoms with Gasteiger partial charge in [0, 0.05) is 5.75 Å². The van der Waals surface area contributed by atoms with Gasteiger partial charge in [-0.15, -0.1) is 16.8 Å². The molecule has 1 N–H and O–H groups in total. The van der Waals surface area contributed by atoms with Crippen LogP contribution >= 0.6 is 20.3 Å². The second-order valence-corrected chi connectivity index (χ2v) is 10.5. The minimum Gasteiger partial charge on any atom is -0.448 e. The summed E-state index contributed by atoms with van der Waals surface area (Å²) in [5, 5.41) is 3.04. The van der Waals surface area contributed by atoms with E-state index in [1.54, 1.807) is 16.7 Å². The monoisotopic (exact) mass is 501 g/mol. The first kappa shape index (κ1) is 24.9. The van der Waals surface area contributed by atoms with Gasteiger partial charge in [-0.1, -0.05) is 60.7 Å². The molecule has 7 nitrogen and oxygen atoms in total. The molecule has 2 heterocycles. The number of nitrogens with zero attached hydrogens (tertiary/aromatic N) is 1. The summed E-state index contributed by atoms with van der Waals surface area (Å²) in [5.41, 5.74) is 2.91. The zero-order valence-corrected chi connectivity index (χ0v) is 21.3. The topological polar surface area (TPSA) is 77.1 Å².